The van der Waals surface area contributed by atoms with Crippen LogP contribution in [0.2, 0.25) is 0 Å². The highest BCUT2D eigenvalue weighted by Crippen LogP contribution is 2.38. The van der Waals surface area contributed by atoms with E-state index in [1.54, 1.807) is 12.1 Å². The second-order valence-corrected chi connectivity index (χ2v) is 4.65. The van der Waals surface area contributed by atoms with E-state index >= 15 is 0 Å². The Morgan fingerprint density at radius 3 is 2.55 bits per heavy atom. The van der Waals surface area contributed by atoms with Gasteiger partial charge in [0.2, 0.25) is 0 Å². The van der Waals surface area contributed by atoms with Gasteiger partial charge < -0.3 is 9.90 Å². The zero-order chi connectivity index (χ0) is 13.9. The van der Waals surface area contributed by atoms with E-state index in [2.05, 4.69) is 10.2 Å². The molecule has 2 aromatic carbocycles. The topological polar surface area (TPSA) is 85.9 Å². The zero-order valence-corrected chi connectivity index (χ0v) is 10.1. The number of aromatic carboxylic acids is 1. The van der Waals surface area contributed by atoms with Crippen molar-refractivity contribution in [3.05, 3.63) is 53.1 Å². The van der Waals surface area contributed by atoms with Gasteiger partial charge in [0.15, 0.2) is 5.78 Å². The number of hydrogen-bond acceptors (Lipinski definition) is 4. The number of hydrogen-bond donors (Lipinski definition) is 1. The summed E-state index contributed by atoms with van der Waals surface area (Å²) in [7, 11) is 0. The number of carboxylic acid groups (broad SMARTS) is 1. The van der Waals surface area contributed by atoms with Crippen LogP contribution in [0.4, 0.5) is 0 Å². The number of nitrogens with one attached hydrogen (secondary N) is 1. The number of benzene rings is 2. The average molecular weight is 263 g/mol. The Morgan fingerprint density at radius 1 is 1.05 bits per heavy atom. The molecule has 5 heteroatoms. The first kappa shape index (κ1) is 10.9. The van der Waals surface area contributed by atoms with Crippen molar-refractivity contribution in [2.45, 2.75) is 0 Å². The van der Waals surface area contributed by atoms with Crippen LogP contribution in [-0.4, -0.2) is 21.9 Å². The molecule has 0 saturated heterocycles. The van der Waals surface area contributed by atoms with Crippen LogP contribution in [0.25, 0.3) is 22.2 Å². The average Bonchev–Trinajstić information content (AvgIpc) is 2.89. The number of aromatic amines is 1. The molecule has 1 aliphatic rings. The summed E-state index contributed by atoms with van der Waals surface area (Å²) in [5.41, 5.74) is 2.72. The third kappa shape index (κ3) is 1.19. The van der Waals surface area contributed by atoms with Crippen molar-refractivity contribution in [3.8, 4) is 11.3 Å². The number of carbonyl (C=O) groups is 2. The standard InChI is InChI=1S/C15H8N2O3/c18-14-8-4-2-1-3-7(8)12-11-9(14)5-6-10(15(19)20)13(11)17-16-12/h1-6H,(H,16,17)(H,19,20)/p-1. The van der Waals surface area contributed by atoms with Crippen LogP contribution in [0, 0.1) is 0 Å². The SMILES string of the molecule is O=C([O-])c1ccc2c3c([nH]nc13)-c1ccccc1C2=O. The fourth-order valence-corrected chi connectivity index (χ4v) is 2.72. The van der Waals surface area contributed by atoms with E-state index in [4.69, 9.17) is 0 Å². The van der Waals surface area contributed by atoms with Crippen LogP contribution < -0.4 is 5.11 Å². The van der Waals surface area contributed by atoms with Crippen LogP contribution in [0.3, 0.4) is 0 Å². The van der Waals surface area contributed by atoms with Gasteiger partial charge >= 0.3 is 0 Å². The van der Waals surface area contributed by atoms with Gasteiger partial charge in [-0.1, -0.05) is 30.3 Å². The van der Waals surface area contributed by atoms with Crippen LogP contribution >= 0.6 is 0 Å². The molecule has 0 aliphatic heterocycles. The summed E-state index contributed by atoms with van der Waals surface area (Å²) in [6.45, 7) is 0. The quantitative estimate of drug-likeness (QED) is 0.558. The molecular weight excluding hydrogens is 256 g/mol. The molecule has 4 rings (SSSR count). The Bertz CT molecular complexity index is 909. The van der Waals surface area contributed by atoms with E-state index in [0.29, 0.717) is 22.2 Å². The molecule has 0 saturated carbocycles. The van der Waals surface area contributed by atoms with Crippen molar-refractivity contribution < 1.29 is 14.7 Å². The summed E-state index contributed by atoms with van der Waals surface area (Å²) in [5.74, 6) is -1.43. The minimum Gasteiger partial charge on any atom is -0.545 e. The van der Waals surface area contributed by atoms with Crippen LogP contribution in [-0.2, 0) is 0 Å². The van der Waals surface area contributed by atoms with Gasteiger partial charge in [0.25, 0.3) is 0 Å². The van der Waals surface area contributed by atoms with Crippen LogP contribution in [0.5, 0.6) is 0 Å². The molecule has 1 N–H and O–H groups in total. The molecule has 0 unspecified atom stereocenters. The Kier molecular flexibility index (Phi) is 1.93. The Morgan fingerprint density at radius 2 is 1.80 bits per heavy atom. The predicted molar refractivity (Wildman–Crippen MR) is 69.3 cm³/mol. The first-order valence-corrected chi connectivity index (χ1v) is 6.05. The lowest BCUT2D eigenvalue weighted by molar-refractivity contribution is -0.254. The smallest absolute Gasteiger partial charge is 0.194 e. The van der Waals surface area contributed by atoms with Crippen molar-refractivity contribution in [1.82, 2.24) is 10.2 Å². The van der Waals surface area contributed by atoms with Gasteiger partial charge in [-0.15, -0.1) is 0 Å². The summed E-state index contributed by atoms with van der Waals surface area (Å²) >= 11 is 0. The maximum Gasteiger partial charge on any atom is 0.194 e. The zero-order valence-electron chi connectivity index (χ0n) is 10.1. The number of H-pyrrole nitrogens is 1. The van der Waals surface area contributed by atoms with E-state index in [1.807, 2.05) is 12.1 Å². The molecule has 0 bridgehead atoms. The molecule has 0 amide bonds. The number of ketones is 1. The van der Waals surface area contributed by atoms with Gasteiger partial charge in [-0.2, -0.15) is 5.10 Å². The number of rotatable bonds is 1. The summed E-state index contributed by atoms with van der Waals surface area (Å²) in [4.78, 5) is 23.6. The van der Waals surface area contributed by atoms with Gasteiger partial charge in [0, 0.05) is 27.6 Å². The monoisotopic (exact) mass is 263 g/mol. The van der Waals surface area contributed by atoms with Crippen molar-refractivity contribution in [2.75, 3.05) is 0 Å². The summed E-state index contributed by atoms with van der Waals surface area (Å²) in [5, 5.41) is 18.6. The number of fused-ring (bicyclic) bond motifs is 2. The lowest BCUT2D eigenvalue weighted by Gasteiger charge is -2.15. The predicted octanol–water partition coefficient (Wildman–Crippen LogP) is 1.14. The third-order valence-corrected chi connectivity index (χ3v) is 3.61. The summed E-state index contributed by atoms with van der Waals surface area (Å²) < 4.78 is 0. The lowest BCUT2D eigenvalue weighted by Crippen LogP contribution is -2.23. The molecule has 0 fully saturated rings. The maximum absolute atomic E-state index is 12.5. The fourth-order valence-electron chi connectivity index (χ4n) is 2.72. The van der Waals surface area contributed by atoms with E-state index in [1.165, 1.54) is 12.1 Å². The molecule has 96 valence electrons. The van der Waals surface area contributed by atoms with E-state index < -0.39 is 5.97 Å². The van der Waals surface area contributed by atoms with Crippen molar-refractivity contribution in [1.29, 1.82) is 0 Å². The van der Waals surface area contributed by atoms with Crippen LogP contribution in [0.15, 0.2) is 36.4 Å². The number of nitrogens with zero attached hydrogens (tertiary/aromatic N) is 1. The van der Waals surface area contributed by atoms with Gasteiger partial charge in [0.05, 0.1) is 11.7 Å². The Hall–Kier alpha value is -2.95. The molecule has 0 spiro atoms. The highest BCUT2D eigenvalue weighted by atomic mass is 16.4. The highest BCUT2D eigenvalue weighted by molar-refractivity contribution is 6.26. The maximum atomic E-state index is 12.5. The molecule has 0 radical (unpaired) electrons. The van der Waals surface area contributed by atoms with Crippen molar-refractivity contribution in [3.63, 3.8) is 0 Å². The van der Waals surface area contributed by atoms with Crippen molar-refractivity contribution in [2.24, 2.45) is 0 Å². The minimum atomic E-state index is -1.30. The van der Waals surface area contributed by atoms with Gasteiger partial charge in [-0.25, -0.2) is 0 Å². The minimum absolute atomic E-state index is 0.0153. The van der Waals surface area contributed by atoms with Gasteiger partial charge in [-0.3, -0.25) is 9.89 Å². The largest absolute Gasteiger partial charge is 0.545 e. The number of carbonyl (C=O) groups excluding carboxylic acids is 2. The molecular formula is C15H7N2O3-. The fraction of sp³-hybridized carbons (Fsp3) is 0. The molecule has 3 aromatic rings. The van der Waals surface area contributed by atoms with E-state index in [9.17, 15) is 14.7 Å². The van der Waals surface area contributed by atoms with Crippen LogP contribution in [0.1, 0.15) is 26.3 Å². The second-order valence-electron chi connectivity index (χ2n) is 4.65. The first-order chi connectivity index (χ1) is 9.68. The number of aromatic nitrogens is 2. The molecule has 1 heterocycles. The van der Waals surface area contributed by atoms with Crippen molar-refractivity contribution >= 4 is 22.7 Å². The molecule has 5 nitrogen and oxygen atoms in total. The van der Waals surface area contributed by atoms with E-state index in [0.717, 1.165) is 5.56 Å². The first-order valence-electron chi connectivity index (χ1n) is 6.05. The lowest BCUT2D eigenvalue weighted by atomic mass is 9.86. The second kappa shape index (κ2) is 3.54. The summed E-state index contributed by atoms with van der Waals surface area (Å²) in [6, 6.07) is 10.1. The Balaban J connectivity index is 2.20. The van der Waals surface area contributed by atoms with Gasteiger partial charge in [-0.05, 0) is 6.07 Å². The normalized spacial score (nSPS) is 12.5. The number of carboxylic acids is 1. The summed E-state index contributed by atoms with van der Waals surface area (Å²) in [6.07, 6.45) is 0. The Labute approximate surface area is 112 Å². The van der Waals surface area contributed by atoms with Gasteiger partial charge in [0.1, 0.15) is 5.52 Å². The molecule has 20 heavy (non-hydrogen) atoms. The highest BCUT2D eigenvalue weighted by Gasteiger charge is 2.27. The van der Waals surface area contributed by atoms with E-state index in [-0.39, 0.29) is 16.9 Å². The third-order valence-electron chi connectivity index (χ3n) is 3.61. The molecule has 0 atom stereocenters. The molecule has 1 aromatic heterocycles. The molecule has 1 aliphatic carbocycles.